The van der Waals surface area contributed by atoms with E-state index in [4.69, 9.17) is 4.74 Å². The van der Waals surface area contributed by atoms with Crippen LogP contribution in [0.3, 0.4) is 0 Å². The number of thiophene rings is 1. The normalized spacial score (nSPS) is 10.3. The van der Waals surface area contributed by atoms with Crippen LogP contribution in [0.5, 0.6) is 5.75 Å². The maximum Gasteiger partial charge on any atom is 0.120 e. The molecule has 0 amide bonds. The van der Waals surface area contributed by atoms with Gasteiger partial charge in [-0.05, 0) is 50.1 Å². The Morgan fingerprint density at radius 3 is 2.76 bits per heavy atom. The van der Waals surface area contributed by atoms with Crippen molar-refractivity contribution in [3.63, 3.8) is 0 Å². The highest BCUT2D eigenvalue weighted by Gasteiger charge is 2.04. The molecule has 17 heavy (non-hydrogen) atoms. The predicted molar refractivity (Wildman–Crippen MR) is 80.0 cm³/mol. The van der Waals surface area contributed by atoms with Crippen LogP contribution in [0.1, 0.15) is 4.88 Å². The molecule has 0 radical (unpaired) electrons. The average molecular weight is 377 g/mol. The molecule has 1 N–H and O–H groups in total. The van der Waals surface area contributed by atoms with Crippen molar-refractivity contribution in [3.8, 4) is 5.75 Å². The first-order chi connectivity index (χ1) is 8.19. The third-order valence-corrected chi connectivity index (χ3v) is 5.49. The van der Waals surface area contributed by atoms with Crippen LogP contribution in [0.2, 0.25) is 0 Å². The lowest BCUT2D eigenvalue weighted by molar-refractivity contribution is 0.415. The van der Waals surface area contributed by atoms with Gasteiger partial charge in [0.05, 0.1) is 10.9 Å². The SMILES string of the molecule is COc1cccc(NCc2cc(Br)c(Br)s2)c1. The Labute approximate surface area is 121 Å². The fourth-order valence-electron chi connectivity index (χ4n) is 1.40. The van der Waals surface area contributed by atoms with Crippen LogP contribution in [0, 0.1) is 0 Å². The number of methoxy groups -OCH3 is 1. The van der Waals surface area contributed by atoms with Gasteiger partial charge in [0.1, 0.15) is 5.75 Å². The number of halogens is 2. The molecule has 0 unspecified atom stereocenters. The van der Waals surface area contributed by atoms with Crippen LogP contribution in [0.25, 0.3) is 0 Å². The molecule has 0 aliphatic rings. The standard InChI is InChI=1S/C12H11Br2NOS/c1-16-9-4-2-3-8(5-9)15-7-10-6-11(13)12(14)17-10/h2-6,15H,7H2,1H3. The lowest BCUT2D eigenvalue weighted by atomic mass is 10.3. The van der Waals surface area contributed by atoms with E-state index in [2.05, 4.69) is 43.2 Å². The Morgan fingerprint density at radius 2 is 2.12 bits per heavy atom. The Kier molecular flexibility index (Phi) is 4.48. The summed E-state index contributed by atoms with van der Waals surface area (Å²) in [5.74, 6) is 0.864. The maximum absolute atomic E-state index is 5.18. The lowest BCUT2D eigenvalue weighted by Gasteiger charge is -2.06. The summed E-state index contributed by atoms with van der Waals surface area (Å²) < 4.78 is 7.40. The molecule has 0 spiro atoms. The van der Waals surface area contributed by atoms with Crippen molar-refractivity contribution in [1.29, 1.82) is 0 Å². The lowest BCUT2D eigenvalue weighted by Crippen LogP contribution is -1.97. The van der Waals surface area contributed by atoms with Crippen molar-refractivity contribution in [2.45, 2.75) is 6.54 Å². The second kappa shape index (κ2) is 5.89. The van der Waals surface area contributed by atoms with Gasteiger partial charge >= 0.3 is 0 Å². The quantitative estimate of drug-likeness (QED) is 0.819. The van der Waals surface area contributed by atoms with Crippen LogP contribution in [-0.4, -0.2) is 7.11 Å². The highest BCUT2D eigenvalue weighted by Crippen LogP contribution is 2.32. The summed E-state index contributed by atoms with van der Waals surface area (Å²) >= 11 is 8.69. The molecule has 2 rings (SSSR count). The van der Waals surface area contributed by atoms with E-state index in [1.54, 1.807) is 18.4 Å². The fraction of sp³-hybridized carbons (Fsp3) is 0.167. The van der Waals surface area contributed by atoms with Gasteiger partial charge in [0, 0.05) is 27.6 Å². The number of hydrogen-bond acceptors (Lipinski definition) is 3. The molecule has 1 heterocycles. The number of nitrogens with one attached hydrogen (secondary N) is 1. The molecule has 0 aliphatic carbocycles. The summed E-state index contributed by atoms with van der Waals surface area (Å²) in [6.07, 6.45) is 0. The summed E-state index contributed by atoms with van der Waals surface area (Å²) in [5, 5.41) is 3.36. The van der Waals surface area contributed by atoms with E-state index in [1.807, 2.05) is 24.3 Å². The molecule has 90 valence electrons. The van der Waals surface area contributed by atoms with Gasteiger partial charge in [-0.2, -0.15) is 0 Å². The van der Waals surface area contributed by atoms with Gasteiger partial charge in [0.25, 0.3) is 0 Å². The number of rotatable bonds is 4. The second-order valence-corrected chi connectivity index (χ2v) is 6.73. The first-order valence-corrected chi connectivity index (χ1v) is 7.41. The van der Waals surface area contributed by atoms with E-state index < -0.39 is 0 Å². The van der Waals surface area contributed by atoms with Gasteiger partial charge in [0.15, 0.2) is 0 Å². The van der Waals surface area contributed by atoms with Crippen LogP contribution in [0.4, 0.5) is 5.69 Å². The van der Waals surface area contributed by atoms with Crippen molar-refractivity contribution in [2.24, 2.45) is 0 Å². The minimum absolute atomic E-state index is 0.808. The number of ether oxygens (including phenoxy) is 1. The molecule has 2 aromatic rings. The molecule has 5 heteroatoms. The predicted octanol–water partition coefficient (Wildman–Crippen LogP) is 4.89. The number of benzene rings is 1. The molecule has 2 nitrogen and oxygen atoms in total. The van der Waals surface area contributed by atoms with E-state index in [1.165, 1.54) is 4.88 Å². The van der Waals surface area contributed by atoms with Crippen molar-refractivity contribution in [3.05, 3.63) is 43.5 Å². The average Bonchev–Trinajstić information content (AvgIpc) is 2.67. The van der Waals surface area contributed by atoms with Gasteiger partial charge in [-0.1, -0.05) is 6.07 Å². The van der Waals surface area contributed by atoms with Crippen LogP contribution < -0.4 is 10.1 Å². The summed E-state index contributed by atoms with van der Waals surface area (Å²) in [4.78, 5) is 1.27. The largest absolute Gasteiger partial charge is 0.497 e. The van der Waals surface area contributed by atoms with Gasteiger partial charge < -0.3 is 10.1 Å². The van der Waals surface area contributed by atoms with E-state index in [0.717, 1.165) is 26.2 Å². The minimum Gasteiger partial charge on any atom is -0.497 e. The molecule has 0 saturated heterocycles. The molecule has 1 aromatic carbocycles. The Bertz CT molecular complexity index is 493. The highest BCUT2D eigenvalue weighted by molar-refractivity contribution is 9.13. The van der Waals surface area contributed by atoms with Crippen LogP contribution in [0.15, 0.2) is 38.6 Å². The Balaban J connectivity index is 2.01. The van der Waals surface area contributed by atoms with E-state index in [9.17, 15) is 0 Å². The van der Waals surface area contributed by atoms with Crippen LogP contribution in [-0.2, 0) is 6.54 Å². The minimum atomic E-state index is 0.808. The first-order valence-electron chi connectivity index (χ1n) is 5.00. The maximum atomic E-state index is 5.18. The zero-order valence-corrected chi connectivity index (χ0v) is 13.2. The van der Waals surface area contributed by atoms with Crippen LogP contribution >= 0.6 is 43.2 Å². The topological polar surface area (TPSA) is 21.3 Å². The van der Waals surface area contributed by atoms with E-state index in [0.29, 0.717) is 0 Å². The third kappa shape index (κ3) is 3.47. The van der Waals surface area contributed by atoms with E-state index in [-0.39, 0.29) is 0 Å². The summed E-state index contributed by atoms with van der Waals surface area (Å²) in [6, 6.07) is 10.0. The molecule has 0 saturated carbocycles. The number of hydrogen-bond donors (Lipinski definition) is 1. The summed E-state index contributed by atoms with van der Waals surface area (Å²) in [5.41, 5.74) is 1.06. The zero-order valence-electron chi connectivity index (χ0n) is 9.17. The van der Waals surface area contributed by atoms with Crippen molar-refractivity contribution < 1.29 is 4.74 Å². The van der Waals surface area contributed by atoms with Crippen molar-refractivity contribution in [2.75, 3.05) is 12.4 Å². The smallest absolute Gasteiger partial charge is 0.120 e. The molecular weight excluding hydrogens is 366 g/mol. The molecule has 0 atom stereocenters. The fourth-order valence-corrected chi connectivity index (χ4v) is 3.52. The molecule has 1 aromatic heterocycles. The van der Waals surface area contributed by atoms with Gasteiger partial charge in [-0.3, -0.25) is 0 Å². The number of anilines is 1. The zero-order chi connectivity index (χ0) is 12.3. The molecular formula is C12H11Br2NOS. The third-order valence-electron chi connectivity index (χ3n) is 2.23. The monoisotopic (exact) mass is 375 g/mol. The molecule has 0 bridgehead atoms. The Hall–Kier alpha value is -0.520. The van der Waals surface area contributed by atoms with Gasteiger partial charge in [0.2, 0.25) is 0 Å². The second-order valence-electron chi connectivity index (χ2n) is 3.42. The first kappa shape index (κ1) is 12.9. The summed E-state index contributed by atoms with van der Waals surface area (Å²) in [7, 11) is 1.67. The highest BCUT2D eigenvalue weighted by atomic mass is 79.9. The molecule has 0 aliphatic heterocycles. The summed E-state index contributed by atoms with van der Waals surface area (Å²) in [6.45, 7) is 0.808. The van der Waals surface area contributed by atoms with Gasteiger partial charge in [-0.25, -0.2) is 0 Å². The Morgan fingerprint density at radius 1 is 1.29 bits per heavy atom. The van der Waals surface area contributed by atoms with Gasteiger partial charge in [-0.15, -0.1) is 11.3 Å². The van der Waals surface area contributed by atoms with E-state index >= 15 is 0 Å². The van der Waals surface area contributed by atoms with Crippen molar-refractivity contribution in [1.82, 2.24) is 0 Å². The molecule has 0 fully saturated rings. The van der Waals surface area contributed by atoms with Crippen molar-refractivity contribution >= 4 is 48.9 Å².